The molecule has 1 heterocycles. The number of nitrogens with one attached hydrogen (secondary N) is 1. The number of fused-ring (bicyclic) bond motifs is 1. The number of thiol groups is 1. The monoisotopic (exact) mass is 325 g/mol. The second kappa shape index (κ2) is 6.58. The third-order valence-corrected chi connectivity index (χ3v) is 3.82. The zero-order valence-electron chi connectivity index (χ0n) is 12.4. The van der Waals surface area contributed by atoms with Gasteiger partial charge in [-0.15, -0.1) is 0 Å². The van der Waals surface area contributed by atoms with Gasteiger partial charge in [0.25, 0.3) is 0 Å². The molecule has 1 aromatic heterocycles. The maximum Gasteiger partial charge on any atom is 0.336 e. The summed E-state index contributed by atoms with van der Waals surface area (Å²) in [7, 11) is 1.56. The number of carbonyl (C=O) groups is 1. The van der Waals surface area contributed by atoms with Gasteiger partial charge in [0.1, 0.15) is 5.75 Å². The number of hydrogen-bond acceptors (Lipinski definition) is 4. The summed E-state index contributed by atoms with van der Waals surface area (Å²) in [6.07, 6.45) is 3.43. The van der Waals surface area contributed by atoms with Crippen LogP contribution in [-0.2, 0) is 0 Å². The van der Waals surface area contributed by atoms with Crippen molar-refractivity contribution in [1.29, 1.82) is 0 Å². The molecule has 23 heavy (non-hydrogen) atoms. The van der Waals surface area contributed by atoms with E-state index in [1.807, 2.05) is 36.4 Å². The first-order valence-corrected chi connectivity index (χ1v) is 7.36. The van der Waals surface area contributed by atoms with Gasteiger partial charge in [0.2, 0.25) is 0 Å². The van der Waals surface area contributed by atoms with Gasteiger partial charge in [-0.2, -0.15) is 0 Å². The van der Waals surface area contributed by atoms with Gasteiger partial charge in [-0.3, -0.25) is 4.98 Å². The molecule has 0 aliphatic rings. The highest BCUT2D eigenvalue weighted by molar-refractivity contribution is 7.82. The topological polar surface area (TPSA) is 54.5 Å². The zero-order valence-corrected chi connectivity index (χ0v) is 13.3. The summed E-state index contributed by atoms with van der Waals surface area (Å²) in [5, 5.41) is 4.63. The molecule has 0 unspecified atom stereocenters. The van der Waals surface area contributed by atoms with Crippen molar-refractivity contribution in [3.63, 3.8) is 0 Å². The van der Waals surface area contributed by atoms with Gasteiger partial charge in [-0.25, -0.2) is 9.10 Å². The number of methoxy groups -OCH3 is 1. The largest absolute Gasteiger partial charge is 0.495 e. The van der Waals surface area contributed by atoms with Crippen molar-refractivity contribution >= 4 is 41.0 Å². The average Bonchev–Trinajstić information content (AvgIpc) is 2.61. The normalized spacial score (nSPS) is 10.3. The highest BCUT2D eigenvalue weighted by atomic mass is 32.1. The first kappa shape index (κ1) is 15.2. The number of amides is 2. The van der Waals surface area contributed by atoms with E-state index in [1.165, 1.54) is 4.31 Å². The number of nitrogens with zero attached hydrogens (tertiary/aromatic N) is 2. The van der Waals surface area contributed by atoms with E-state index in [9.17, 15) is 4.79 Å². The quantitative estimate of drug-likeness (QED) is 0.712. The maximum atomic E-state index is 12.5. The minimum absolute atomic E-state index is 0.373. The van der Waals surface area contributed by atoms with Crippen LogP contribution in [0.1, 0.15) is 0 Å². The molecule has 5 nitrogen and oxygen atoms in total. The molecule has 2 amide bonds. The Morgan fingerprint density at radius 3 is 2.83 bits per heavy atom. The van der Waals surface area contributed by atoms with E-state index in [0.29, 0.717) is 17.1 Å². The Morgan fingerprint density at radius 1 is 1.17 bits per heavy atom. The van der Waals surface area contributed by atoms with Gasteiger partial charge in [0.15, 0.2) is 0 Å². The van der Waals surface area contributed by atoms with Gasteiger partial charge < -0.3 is 10.1 Å². The zero-order chi connectivity index (χ0) is 16.2. The van der Waals surface area contributed by atoms with Crippen LogP contribution in [0.25, 0.3) is 10.8 Å². The standard InChI is InChI=1S/C17H15N3O2S/c1-22-16-8-3-2-6-14(16)19-17(21)20(23)15-7-4-5-12-11-18-10-9-13(12)15/h2-11,23H,1H3,(H,19,21). The molecule has 0 saturated heterocycles. The van der Waals surface area contributed by atoms with E-state index in [2.05, 4.69) is 23.1 Å². The van der Waals surface area contributed by atoms with Crippen LogP contribution in [0.3, 0.4) is 0 Å². The van der Waals surface area contributed by atoms with Crippen LogP contribution in [0.5, 0.6) is 5.75 Å². The molecule has 0 radical (unpaired) electrons. The molecule has 3 aromatic rings. The minimum Gasteiger partial charge on any atom is -0.495 e. The number of carbonyl (C=O) groups excluding carboxylic acids is 1. The lowest BCUT2D eigenvalue weighted by atomic mass is 10.1. The SMILES string of the molecule is COc1ccccc1NC(=O)N(S)c1cccc2cnccc12. The molecule has 1 N–H and O–H groups in total. The second-order valence-corrected chi connectivity index (χ2v) is 5.22. The molecule has 3 rings (SSSR count). The van der Waals surface area contributed by atoms with Crippen LogP contribution >= 0.6 is 12.8 Å². The Kier molecular flexibility index (Phi) is 4.34. The summed E-state index contributed by atoms with van der Waals surface area (Å²) in [6, 6.07) is 14.3. The van der Waals surface area contributed by atoms with Crippen LogP contribution in [0.2, 0.25) is 0 Å². The number of anilines is 2. The summed E-state index contributed by atoms with van der Waals surface area (Å²) < 4.78 is 6.51. The summed E-state index contributed by atoms with van der Waals surface area (Å²) >= 11 is 4.34. The molecular formula is C17H15N3O2S. The molecule has 0 fully saturated rings. The molecule has 0 atom stereocenters. The Bertz CT molecular complexity index is 849. The maximum absolute atomic E-state index is 12.5. The first-order chi connectivity index (χ1) is 11.2. The highest BCUT2D eigenvalue weighted by Crippen LogP contribution is 2.29. The van der Waals surface area contributed by atoms with Crippen LogP contribution in [0.15, 0.2) is 60.9 Å². The molecule has 6 heteroatoms. The van der Waals surface area contributed by atoms with Crippen LogP contribution in [0.4, 0.5) is 16.2 Å². The van der Waals surface area contributed by atoms with E-state index in [4.69, 9.17) is 4.74 Å². The van der Waals surface area contributed by atoms with E-state index < -0.39 is 0 Å². The molecule has 116 valence electrons. The number of para-hydroxylation sites is 2. The molecule has 0 bridgehead atoms. The van der Waals surface area contributed by atoms with Crippen molar-refractivity contribution < 1.29 is 9.53 Å². The lowest BCUT2D eigenvalue weighted by Gasteiger charge is -2.19. The average molecular weight is 325 g/mol. The molecule has 0 aliphatic carbocycles. The van der Waals surface area contributed by atoms with E-state index in [-0.39, 0.29) is 6.03 Å². The first-order valence-electron chi connectivity index (χ1n) is 6.96. The molecule has 0 aliphatic heterocycles. The fourth-order valence-corrected chi connectivity index (χ4v) is 2.54. The van der Waals surface area contributed by atoms with Crippen molar-refractivity contribution in [2.45, 2.75) is 0 Å². The third-order valence-electron chi connectivity index (χ3n) is 3.43. The molecule has 0 spiro atoms. The molecular weight excluding hydrogens is 310 g/mol. The lowest BCUT2D eigenvalue weighted by molar-refractivity contribution is 0.260. The van der Waals surface area contributed by atoms with Crippen molar-refractivity contribution in [3.8, 4) is 5.75 Å². The predicted molar refractivity (Wildman–Crippen MR) is 95.2 cm³/mol. The van der Waals surface area contributed by atoms with E-state index >= 15 is 0 Å². The highest BCUT2D eigenvalue weighted by Gasteiger charge is 2.16. The minimum atomic E-state index is -0.373. The number of rotatable bonds is 3. The van der Waals surface area contributed by atoms with Gasteiger partial charge in [0.05, 0.1) is 18.5 Å². The van der Waals surface area contributed by atoms with Crippen LogP contribution in [0, 0.1) is 0 Å². The van der Waals surface area contributed by atoms with Crippen LogP contribution in [-0.4, -0.2) is 18.1 Å². The smallest absolute Gasteiger partial charge is 0.336 e. The molecule has 0 saturated carbocycles. The predicted octanol–water partition coefficient (Wildman–Crippen LogP) is 4.13. The summed E-state index contributed by atoms with van der Waals surface area (Å²) in [6.45, 7) is 0. The number of benzene rings is 2. The Morgan fingerprint density at radius 2 is 2.00 bits per heavy atom. The summed E-state index contributed by atoms with van der Waals surface area (Å²) in [5.41, 5.74) is 1.27. The lowest BCUT2D eigenvalue weighted by Crippen LogP contribution is -2.27. The van der Waals surface area contributed by atoms with Crippen molar-refractivity contribution in [2.24, 2.45) is 0 Å². The van der Waals surface area contributed by atoms with Gasteiger partial charge in [-0.05, 0) is 24.3 Å². The summed E-state index contributed by atoms with van der Waals surface area (Å²) in [5.74, 6) is 0.588. The van der Waals surface area contributed by atoms with E-state index in [0.717, 1.165) is 10.8 Å². The van der Waals surface area contributed by atoms with E-state index in [1.54, 1.807) is 31.6 Å². The second-order valence-electron chi connectivity index (χ2n) is 4.82. The Balaban J connectivity index is 1.90. The summed E-state index contributed by atoms with van der Waals surface area (Å²) in [4.78, 5) is 16.6. The number of aromatic nitrogens is 1. The van der Waals surface area contributed by atoms with Gasteiger partial charge in [-0.1, -0.05) is 37.1 Å². The van der Waals surface area contributed by atoms with Gasteiger partial charge >= 0.3 is 6.03 Å². The molecule has 2 aromatic carbocycles. The van der Waals surface area contributed by atoms with Crippen molar-refractivity contribution in [3.05, 3.63) is 60.9 Å². The third kappa shape index (κ3) is 3.07. The number of ether oxygens (including phenoxy) is 1. The fraction of sp³-hybridized carbons (Fsp3) is 0.0588. The van der Waals surface area contributed by atoms with Crippen LogP contribution < -0.4 is 14.4 Å². The number of pyridine rings is 1. The van der Waals surface area contributed by atoms with Gasteiger partial charge in [0, 0.05) is 23.2 Å². The Hall–Kier alpha value is -2.73. The van der Waals surface area contributed by atoms with Crippen molar-refractivity contribution in [1.82, 2.24) is 4.98 Å². The fourth-order valence-electron chi connectivity index (χ4n) is 2.32. The number of hydrogen-bond donors (Lipinski definition) is 2. The number of urea groups is 1. The van der Waals surface area contributed by atoms with Crippen molar-refractivity contribution in [2.75, 3.05) is 16.7 Å². The Labute approximate surface area is 139 Å².